The lowest BCUT2D eigenvalue weighted by molar-refractivity contribution is 0.669. The molecule has 0 spiro atoms. The minimum atomic E-state index is 0.400. The summed E-state index contributed by atoms with van der Waals surface area (Å²) in [5.74, 6) is 0. The molecule has 0 atom stereocenters. The van der Waals surface area contributed by atoms with Crippen LogP contribution in [0.3, 0.4) is 0 Å². The first-order valence-electron chi connectivity index (χ1n) is 16.4. The van der Waals surface area contributed by atoms with Crippen LogP contribution in [-0.2, 0) is 0 Å². The van der Waals surface area contributed by atoms with E-state index in [0.29, 0.717) is 22.5 Å². The number of para-hydroxylation sites is 4. The van der Waals surface area contributed by atoms with Crippen LogP contribution in [0.5, 0.6) is 0 Å². The van der Waals surface area contributed by atoms with Crippen molar-refractivity contribution < 1.29 is 8.83 Å². The average molecular weight is 639 g/mol. The Kier molecular flexibility index (Phi) is 5.16. The highest BCUT2D eigenvalue weighted by Crippen LogP contribution is 2.44. The Hall–Kier alpha value is -7.28. The minimum absolute atomic E-state index is 0.400. The number of nitrogens with zero attached hydrogens (tertiary/aromatic N) is 4. The average Bonchev–Trinajstić information content (AvgIpc) is 3.91. The number of nitriles is 2. The van der Waals surface area contributed by atoms with Crippen molar-refractivity contribution in [2.75, 3.05) is 0 Å². The van der Waals surface area contributed by atoms with Gasteiger partial charge in [-0.15, -0.1) is 0 Å². The van der Waals surface area contributed by atoms with Gasteiger partial charge in [0, 0.05) is 32.3 Å². The maximum Gasteiger partial charge on any atom is 0.137 e. The van der Waals surface area contributed by atoms with Gasteiger partial charge < -0.3 is 18.0 Å². The molecule has 0 aliphatic rings. The van der Waals surface area contributed by atoms with Crippen molar-refractivity contribution in [3.63, 3.8) is 0 Å². The Bertz CT molecular complexity index is 3130. The predicted molar refractivity (Wildman–Crippen MR) is 199 cm³/mol. The standard InChI is InChI=1S/C44H22N4O2/c45-23-25-21-26(24-46)36(48-34-14-6-2-10-28(34)30-18-20-40-42(44(30)48)32-12-4-8-16-38(32)50-40)22-35(25)47-33-13-5-1-9-27(33)29-17-19-39-41(43(29)47)31-11-3-7-15-37(31)49-39/h1-22H. The summed E-state index contributed by atoms with van der Waals surface area (Å²) in [7, 11) is 0. The first kappa shape index (κ1) is 26.8. The Morgan fingerprint density at radius 2 is 0.820 bits per heavy atom. The highest BCUT2D eigenvalue weighted by Gasteiger charge is 2.25. The van der Waals surface area contributed by atoms with Gasteiger partial charge in [-0.05, 0) is 60.7 Å². The summed E-state index contributed by atoms with van der Waals surface area (Å²) in [4.78, 5) is 0. The quantitative estimate of drug-likeness (QED) is 0.189. The highest BCUT2D eigenvalue weighted by molar-refractivity contribution is 6.26. The van der Waals surface area contributed by atoms with Crippen molar-refractivity contribution in [2.24, 2.45) is 0 Å². The van der Waals surface area contributed by atoms with E-state index in [2.05, 4.69) is 69.8 Å². The van der Waals surface area contributed by atoms with Crippen LogP contribution in [0.25, 0.3) is 98.9 Å². The fourth-order valence-electron chi connectivity index (χ4n) is 8.16. The van der Waals surface area contributed by atoms with E-state index in [0.717, 1.165) is 87.5 Å². The molecule has 0 fully saturated rings. The third-order valence-corrected chi connectivity index (χ3v) is 10.2. The van der Waals surface area contributed by atoms with Crippen molar-refractivity contribution in [2.45, 2.75) is 0 Å². The van der Waals surface area contributed by atoms with E-state index < -0.39 is 0 Å². The number of hydrogen-bond acceptors (Lipinski definition) is 4. The number of furan rings is 2. The number of fused-ring (bicyclic) bond motifs is 14. The molecular weight excluding hydrogens is 617 g/mol. The SMILES string of the molecule is N#Cc1cc(C#N)c(-n2c3ccccc3c3ccc4oc5ccccc5c4c32)cc1-n1c2ccccc2c2ccc3oc4ccccc4c3c21. The van der Waals surface area contributed by atoms with Crippen LogP contribution in [0, 0.1) is 22.7 Å². The number of benzene rings is 7. The van der Waals surface area contributed by atoms with E-state index in [1.54, 1.807) is 6.07 Å². The van der Waals surface area contributed by atoms with Gasteiger partial charge in [-0.2, -0.15) is 10.5 Å². The lowest BCUT2D eigenvalue weighted by atomic mass is 10.0. The molecule has 230 valence electrons. The van der Waals surface area contributed by atoms with Gasteiger partial charge in [0.1, 0.15) is 34.5 Å². The summed E-state index contributed by atoms with van der Waals surface area (Å²) in [6.07, 6.45) is 0. The third-order valence-electron chi connectivity index (χ3n) is 10.2. The van der Waals surface area contributed by atoms with E-state index in [1.807, 2.05) is 78.9 Å². The zero-order chi connectivity index (χ0) is 33.1. The normalized spacial score (nSPS) is 12.0. The number of hydrogen-bond donors (Lipinski definition) is 0. The Balaban J connectivity index is 1.35. The summed E-state index contributed by atoms with van der Waals surface area (Å²) in [5.41, 5.74) is 9.12. The molecule has 6 heteroatoms. The topological polar surface area (TPSA) is 83.7 Å². The maximum atomic E-state index is 10.7. The zero-order valence-electron chi connectivity index (χ0n) is 26.3. The predicted octanol–water partition coefficient (Wildman–Crippen LogP) is 11.4. The molecule has 0 unspecified atom stereocenters. The molecule has 0 aliphatic heterocycles. The van der Waals surface area contributed by atoms with Crippen LogP contribution in [0.2, 0.25) is 0 Å². The van der Waals surface area contributed by atoms with E-state index in [9.17, 15) is 10.5 Å². The van der Waals surface area contributed by atoms with Crippen molar-refractivity contribution in [3.05, 3.63) is 145 Å². The Labute approximate surface area is 283 Å². The molecular formula is C44H22N4O2. The molecule has 11 rings (SSSR count). The second-order valence-corrected chi connectivity index (χ2v) is 12.7. The maximum absolute atomic E-state index is 10.7. The Morgan fingerprint density at radius 3 is 1.28 bits per heavy atom. The van der Waals surface area contributed by atoms with Crippen LogP contribution in [-0.4, -0.2) is 9.13 Å². The van der Waals surface area contributed by atoms with Gasteiger partial charge in [0.25, 0.3) is 0 Å². The van der Waals surface area contributed by atoms with Crippen molar-refractivity contribution >= 4 is 87.5 Å². The van der Waals surface area contributed by atoms with Gasteiger partial charge >= 0.3 is 0 Å². The molecule has 0 amide bonds. The summed E-state index contributed by atoms with van der Waals surface area (Å²) < 4.78 is 17.1. The van der Waals surface area contributed by atoms with E-state index >= 15 is 0 Å². The first-order valence-corrected chi connectivity index (χ1v) is 16.4. The molecule has 4 aromatic heterocycles. The molecule has 0 saturated heterocycles. The summed E-state index contributed by atoms with van der Waals surface area (Å²) in [5, 5.41) is 29.6. The number of rotatable bonds is 2. The molecule has 0 aliphatic carbocycles. The van der Waals surface area contributed by atoms with Gasteiger partial charge in [-0.3, -0.25) is 0 Å². The second kappa shape index (κ2) is 9.64. The third kappa shape index (κ3) is 3.34. The summed E-state index contributed by atoms with van der Waals surface area (Å²) in [6.45, 7) is 0. The molecule has 7 aromatic carbocycles. The molecule has 4 heterocycles. The van der Waals surface area contributed by atoms with Crippen LogP contribution in [0.4, 0.5) is 0 Å². The zero-order valence-corrected chi connectivity index (χ0v) is 26.3. The lowest BCUT2D eigenvalue weighted by Crippen LogP contribution is -2.04. The monoisotopic (exact) mass is 638 g/mol. The summed E-state index contributed by atoms with van der Waals surface area (Å²) >= 11 is 0. The lowest BCUT2D eigenvalue weighted by Gasteiger charge is -2.16. The number of aromatic nitrogens is 2. The summed E-state index contributed by atoms with van der Waals surface area (Å²) in [6, 6.07) is 49.5. The van der Waals surface area contributed by atoms with Crippen molar-refractivity contribution in [1.82, 2.24) is 9.13 Å². The van der Waals surface area contributed by atoms with E-state index in [-0.39, 0.29) is 0 Å². The van der Waals surface area contributed by atoms with Gasteiger partial charge in [0.2, 0.25) is 0 Å². The van der Waals surface area contributed by atoms with Gasteiger partial charge in [0.05, 0.1) is 55.3 Å². The molecule has 0 radical (unpaired) electrons. The molecule has 50 heavy (non-hydrogen) atoms. The van der Waals surface area contributed by atoms with Gasteiger partial charge in [-0.25, -0.2) is 0 Å². The van der Waals surface area contributed by atoms with Crippen molar-refractivity contribution in [1.29, 1.82) is 10.5 Å². The minimum Gasteiger partial charge on any atom is -0.456 e. The fourth-order valence-corrected chi connectivity index (χ4v) is 8.16. The van der Waals surface area contributed by atoms with Crippen LogP contribution < -0.4 is 0 Å². The van der Waals surface area contributed by atoms with Gasteiger partial charge in [-0.1, -0.05) is 72.8 Å². The molecule has 0 N–H and O–H groups in total. The van der Waals surface area contributed by atoms with Gasteiger partial charge in [0.15, 0.2) is 0 Å². The smallest absolute Gasteiger partial charge is 0.137 e. The highest BCUT2D eigenvalue weighted by atomic mass is 16.3. The molecule has 6 nitrogen and oxygen atoms in total. The first-order chi connectivity index (χ1) is 24.7. The van der Waals surface area contributed by atoms with E-state index in [4.69, 9.17) is 8.83 Å². The second-order valence-electron chi connectivity index (χ2n) is 12.7. The largest absolute Gasteiger partial charge is 0.456 e. The molecule has 0 saturated carbocycles. The molecule has 11 aromatic rings. The van der Waals surface area contributed by atoms with E-state index in [1.165, 1.54) is 0 Å². The van der Waals surface area contributed by atoms with Crippen molar-refractivity contribution in [3.8, 4) is 23.5 Å². The van der Waals surface area contributed by atoms with Crippen LogP contribution in [0.15, 0.2) is 142 Å². The molecule has 0 bridgehead atoms. The van der Waals surface area contributed by atoms with Crippen LogP contribution in [0.1, 0.15) is 11.1 Å². The Morgan fingerprint density at radius 1 is 0.400 bits per heavy atom. The van der Waals surface area contributed by atoms with Crippen LogP contribution >= 0.6 is 0 Å². The fraction of sp³-hybridized carbons (Fsp3) is 0.